The van der Waals surface area contributed by atoms with Gasteiger partial charge in [-0.05, 0) is 31.0 Å². The summed E-state index contributed by atoms with van der Waals surface area (Å²) in [5, 5.41) is 3.04. The van der Waals surface area contributed by atoms with E-state index in [1.807, 2.05) is 6.92 Å². The molecule has 2 unspecified atom stereocenters. The highest BCUT2D eigenvalue weighted by atomic mass is 32.2. The maximum absolute atomic E-state index is 13.1. The van der Waals surface area contributed by atoms with Gasteiger partial charge in [0.2, 0.25) is 10.0 Å². The Morgan fingerprint density at radius 3 is 2.40 bits per heavy atom. The van der Waals surface area contributed by atoms with Crippen LogP contribution in [-0.4, -0.2) is 27.5 Å². The molecule has 0 bridgehead atoms. The van der Waals surface area contributed by atoms with Crippen molar-refractivity contribution in [1.29, 1.82) is 0 Å². The second-order valence-corrected chi connectivity index (χ2v) is 6.61. The quantitative estimate of drug-likeness (QED) is 0.830. The molecule has 1 fully saturated rings. The first-order valence-corrected chi connectivity index (χ1v) is 7.67. The predicted molar refractivity (Wildman–Crippen MR) is 67.1 cm³/mol. The van der Waals surface area contributed by atoms with Crippen molar-refractivity contribution in [3.63, 3.8) is 0 Å². The van der Waals surface area contributed by atoms with Gasteiger partial charge in [0, 0.05) is 12.6 Å². The summed E-state index contributed by atoms with van der Waals surface area (Å²) in [7, 11) is -4.09. The number of sulfonamides is 1. The lowest BCUT2D eigenvalue weighted by atomic mass is 9.96. The van der Waals surface area contributed by atoms with Crippen LogP contribution in [0, 0.1) is 23.4 Å². The minimum Gasteiger partial charge on any atom is -0.315 e. The van der Waals surface area contributed by atoms with Crippen LogP contribution in [0.5, 0.6) is 0 Å². The fraction of sp³-hybridized carbons (Fsp3) is 0.500. The average molecular weight is 308 g/mol. The molecule has 1 saturated heterocycles. The van der Waals surface area contributed by atoms with Gasteiger partial charge in [-0.3, -0.25) is 0 Å². The van der Waals surface area contributed by atoms with Crippen LogP contribution in [0.15, 0.2) is 17.0 Å². The lowest BCUT2D eigenvalue weighted by Crippen LogP contribution is -2.50. The molecule has 1 heterocycles. The van der Waals surface area contributed by atoms with Gasteiger partial charge < -0.3 is 5.32 Å². The zero-order valence-electron chi connectivity index (χ0n) is 10.8. The molecule has 20 heavy (non-hydrogen) atoms. The molecular formula is C12H15F3N2O2S. The Kier molecular flexibility index (Phi) is 4.36. The number of hydrogen-bond donors (Lipinski definition) is 2. The molecule has 2 N–H and O–H groups in total. The third-order valence-electron chi connectivity index (χ3n) is 3.40. The molecule has 0 radical (unpaired) electrons. The van der Waals surface area contributed by atoms with Crippen molar-refractivity contribution >= 4 is 10.0 Å². The fourth-order valence-corrected chi connectivity index (χ4v) is 3.47. The smallest absolute Gasteiger partial charge is 0.241 e. The van der Waals surface area contributed by atoms with Gasteiger partial charge in [-0.2, -0.15) is 0 Å². The number of hydrogen-bond acceptors (Lipinski definition) is 3. The molecule has 1 aromatic carbocycles. The van der Waals surface area contributed by atoms with Crippen molar-refractivity contribution < 1.29 is 21.6 Å². The third kappa shape index (κ3) is 3.13. The number of nitrogens with one attached hydrogen (secondary N) is 2. The molecule has 4 nitrogen and oxygen atoms in total. The number of halogens is 3. The van der Waals surface area contributed by atoms with Crippen molar-refractivity contribution in [2.24, 2.45) is 5.92 Å². The summed E-state index contributed by atoms with van der Waals surface area (Å²) >= 11 is 0. The molecule has 1 aromatic rings. The molecule has 0 saturated carbocycles. The van der Waals surface area contributed by atoms with Crippen LogP contribution in [0.4, 0.5) is 13.2 Å². The SMILES string of the molecule is CC1CCNCC1NS(=O)(=O)c1cc(F)c(F)c(F)c1. The molecular weight excluding hydrogens is 293 g/mol. The predicted octanol–water partition coefficient (Wildman–Crippen LogP) is 1.38. The van der Waals surface area contributed by atoms with Crippen LogP contribution < -0.4 is 10.0 Å². The van der Waals surface area contributed by atoms with E-state index in [4.69, 9.17) is 0 Å². The van der Waals surface area contributed by atoms with E-state index >= 15 is 0 Å². The number of piperidine rings is 1. The van der Waals surface area contributed by atoms with Crippen LogP contribution in [0.25, 0.3) is 0 Å². The van der Waals surface area contributed by atoms with Gasteiger partial charge in [0.15, 0.2) is 17.5 Å². The van der Waals surface area contributed by atoms with E-state index in [1.165, 1.54) is 0 Å². The minimum absolute atomic E-state index is 0.0983. The lowest BCUT2D eigenvalue weighted by Gasteiger charge is -2.29. The highest BCUT2D eigenvalue weighted by molar-refractivity contribution is 7.89. The lowest BCUT2D eigenvalue weighted by molar-refractivity contribution is 0.327. The minimum atomic E-state index is -4.09. The maximum Gasteiger partial charge on any atom is 0.241 e. The van der Waals surface area contributed by atoms with E-state index in [0.717, 1.165) is 13.0 Å². The van der Waals surface area contributed by atoms with Crippen molar-refractivity contribution in [1.82, 2.24) is 10.0 Å². The zero-order valence-corrected chi connectivity index (χ0v) is 11.6. The van der Waals surface area contributed by atoms with Crippen molar-refractivity contribution in [3.8, 4) is 0 Å². The molecule has 0 amide bonds. The second kappa shape index (κ2) is 5.71. The van der Waals surface area contributed by atoms with Gasteiger partial charge in [0.25, 0.3) is 0 Å². The van der Waals surface area contributed by atoms with E-state index in [-0.39, 0.29) is 12.0 Å². The fourth-order valence-electron chi connectivity index (χ4n) is 2.10. The highest BCUT2D eigenvalue weighted by Crippen LogP contribution is 2.19. The number of rotatable bonds is 3. The monoisotopic (exact) mass is 308 g/mol. The van der Waals surface area contributed by atoms with Crippen LogP contribution >= 0.6 is 0 Å². The Morgan fingerprint density at radius 2 is 1.85 bits per heavy atom. The summed E-state index contributed by atoms with van der Waals surface area (Å²) in [6.07, 6.45) is 0.791. The normalized spacial score (nSPS) is 23.8. The van der Waals surface area contributed by atoms with E-state index in [0.29, 0.717) is 18.7 Å². The molecule has 0 aromatic heterocycles. The molecule has 0 aliphatic carbocycles. The molecule has 0 spiro atoms. The molecule has 8 heteroatoms. The van der Waals surface area contributed by atoms with Gasteiger partial charge >= 0.3 is 0 Å². The highest BCUT2D eigenvalue weighted by Gasteiger charge is 2.28. The summed E-state index contributed by atoms with van der Waals surface area (Å²) in [6, 6.07) is 0.577. The first-order valence-electron chi connectivity index (χ1n) is 6.19. The Labute approximate surface area is 115 Å². The third-order valence-corrected chi connectivity index (χ3v) is 4.87. The van der Waals surface area contributed by atoms with Crippen LogP contribution in [0.3, 0.4) is 0 Å². The first kappa shape index (κ1) is 15.3. The van der Waals surface area contributed by atoms with Gasteiger partial charge in [0.05, 0.1) is 4.90 Å². The van der Waals surface area contributed by atoms with Crippen LogP contribution in [0.1, 0.15) is 13.3 Å². The maximum atomic E-state index is 13.1. The average Bonchev–Trinajstić information content (AvgIpc) is 2.38. The van der Waals surface area contributed by atoms with Gasteiger partial charge in [-0.15, -0.1) is 0 Å². The molecule has 1 aliphatic heterocycles. The van der Waals surface area contributed by atoms with Crippen molar-refractivity contribution in [3.05, 3.63) is 29.6 Å². The Morgan fingerprint density at radius 1 is 1.25 bits per heavy atom. The summed E-state index contributed by atoms with van der Waals surface area (Å²) < 4.78 is 65.6. The topological polar surface area (TPSA) is 58.2 Å². The second-order valence-electron chi connectivity index (χ2n) is 4.90. The van der Waals surface area contributed by atoms with Gasteiger partial charge in [-0.1, -0.05) is 6.92 Å². The Bertz CT molecular complexity index is 584. The first-order chi connectivity index (χ1) is 9.31. The molecule has 2 rings (SSSR count). The molecule has 2 atom stereocenters. The standard InChI is InChI=1S/C12H15F3N2O2S/c1-7-2-3-16-6-11(7)17-20(18,19)8-4-9(13)12(15)10(14)5-8/h4-5,7,11,16-17H,2-3,6H2,1H3. The summed E-state index contributed by atoms with van der Waals surface area (Å²) in [4.78, 5) is -0.619. The zero-order chi connectivity index (χ0) is 14.9. The Hall–Kier alpha value is -1.12. The van der Waals surface area contributed by atoms with E-state index in [9.17, 15) is 21.6 Å². The summed E-state index contributed by atoms with van der Waals surface area (Å²) in [5.41, 5.74) is 0. The summed E-state index contributed by atoms with van der Waals surface area (Å²) in [6.45, 7) is 3.12. The van der Waals surface area contributed by atoms with Crippen LogP contribution in [-0.2, 0) is 10.0 Å². The van der Waals surface area contributed by atoms with Crippen molar-refractivity contribution in [2.75, 3.05) is 13.1 Å². The van der Waals surface area contributed by atoms with E-state index in [1.54, 1.807) is 0 Å². The Balaban J connectivity index is 2.26. The molecule has 112 valence electrons. The van der Waals surface area contributed by atoms with Gasteiger partial charge in [-0.25, -0.2) is 26.3 Å². The molecule has 1 aliphatic rings. The summed E-state index contributed by atoms with van der Waals surface area (Å²) in [5.74, 6) is -4.64. The van der Waals surface area contributed by atoms with Crippen molar-refractivity contribution in [2.45, 2.75) is 24.3 Å². The number of benzene rings is 1. The van der Waals surface area contributed by atoms with Gasteiger partial charge in [0.1, 0.15) is 0 Å². The van der Waals surface area contributed by atoms with Crippen LogP contribution in [0.2, 0.25) is 0 Å². The largest absolute Gasteiger partial charge is 0.315 e. The van der Waals surface area contributed by atoms with E-state index in [2.05, 4.69) is 10.0 Å². The van der Waals surface area contributed by atoms with E-state index < -0.39 is 32.4 Å².